The fraction of sp³-hybridized carbons (Fsp3) is 0.526. The molecule has 1 atom stereocenters. The van der Waals surface area contributed by atoms with Crippen LogP contribution >= 0.6 is 0 Å². The van der Waals surface area contributed by atoms with E-state index in [-0.39, 0.29) is 29.7 Å². The van der Waals surface area contributed by atoms with E-state index < -0.39 is 6.04 Å². The number of nitrogens with zero attached hydrogens (tertiary/aromatic N) is 1. The number of imide groups is 1. The highest BCUT2D eigenvalue weighted by atomic mass is 16.5. The Morgan fingerprint density at radius 2 is 1.92 bits per heavy atom. The van der Waals surface area contributed by atoms with Gasteiger partial charge in [0.05, 0.1) is 0 Å². The predicted octanol–water partition coefficient (Wildman–Crippen LogP) is 0.505. The standard InChI is InChI=1S/C19H21N3O4/c23-16-2-1-14(17(24)21-16)22-10-12-8-15-11(7-13(12)18(22)25)9-19(26-15)3-5-20-6-4-19/h7-8,14,20H,1-6,9-10H2,(H,21,23,24). The number of fused-ring (bicyclic) bond motifs is 2. The number of hydrogen-bond acceptors (Lipinski definition) is 5. The molecular weight excluding hydrogens is 334 g/mol. The second kappa shape index (κ2) is 5.54. The van der Waals surface area contributed by atoms with E-state index >= 15 is 0 Å². The largest absolute Gasteiger partial charge is 0.487 e. The van der Waals surface area contributed by atoms with Gasteiger partial charge in [0.25, 0.3) is 5.91 Å². The van der Waals surface area contributed by atoms with E-state index in [2.05, 4.69) is 10.6 Å². The zero-order chi connectivity index (χ0) is 17.9. The van der Waals surface area contributed by atoms with Gasteiger partial charge in [0, 0.05) is 24.9 Å². The summed E-state index contributed by atoms with van der Waals surface area (Å²) in [4.78, 5) is 38.0. The minimum atomic E-state index is -0.570. The van der Waals surface area contributed by atoms with Crippen molar-refractivity contribution in [2.75, 3.05) is 13.1 Å². The van der Waals surface area contributed by atoms with Crippen LogP contribution in [0, 0.1) is 0 Å². The van der Waals surface area contributed by atoms with Crippen LogP contribution in [0.25, 0.3) is 0 Å². The zero-order valence-electron chi connectivity index (χ0n) is 14.5. The Bertz CT molecular complexity index is 828. The van der Waals surface area contributed by atoms with Crippen LogP contribution in [0.3, 0.4) is 0 Å². The minimum Gasteiger partial charge on any atom is -0.487 e. The molecule has 7 nitrogen and oxygen atoms in total. The lowest BCUT2D eigenvalue weighted by Gasteiger charge is -2.33. The Balaban J connectivity index is 1.40. The summed E-state index contributed by atoms with van der Waals surface area (Å²) in [5.74, 6) is 0.113. The molecule has 2 fully saturated rings. The molecule has 1 aromatic rings. The Hall–Kier alpha value is -2.41. The van der Waals surface area contributed by atoms with Crippen molar-refractivity contribution in [3.05, 3.63) is 28.8 Å². The van der Waals surface area contributed by atoms with Crippen molar-refractivity contribution in [3.63, 3.8) is 0 Å². The van der Waals surface area contributed by atoms with Gasteiger partial charge in [-0.05, 0) is 55.6 Å². The molecule has 1 unspecified atom stereocenters. The average Bonchev–Trinajstić information content (AvgIpc) is 3.10. The molecular formula is C19H21N3O4. The number of rotatable bonds is 1. The van der Waals surface area contributed by atoms with E-state index in [0.717, 1.165) is 49.2 Å². The van der Waals surface area contributed by atoms with Crippen LogP contribution in [0.1, 0.15) is 47.2 Å². The van der Waals surface area contributed by atoms with Gasteiger partial charge in [0.15, 0.2) is 0 Å². The number of nitrogens with one attached hydrogen (secondary N) is 2. The number of benzene rings is 1. The van der Waals surface area contributed by atoms with E-state index in [1.165, 1.54) is 0 Å². The Labute approximate surface area is 151 Å². The molecule has 0 aromatic heterocycles. The van der Waals surface area contributed by atoms with Crippen LogP contribution in [0.4, 0.5) is 0 Å². The molecule has 0 radical (unpaired) electrons. The SMILES string of the molecule is O=C1CCC(N2Cc3cc4c(cc3C2=O)CC2(CCNCC2)O4)C(=O)N1. The van der Waals surface area contributed by atoms with Crippen molar-refractivity contribution in [1.29, 1.82) is 0 Å². The van der Waals surface area contributed by atoms with Crippen molar-refractivity contribution in [3.8, 4) is 5.75 Å². The third kappa shape index (κ3) is 2.34. The molecule has 2 N–H and O–H groups in total. The fourth-order valence-electron chi connectivity index (χ4n) is 4.65. The van der Waals surface area contributed by atoms with Gasteiger partial charge in [-0.25, -0.2) is 0 Å². The first-order valence-corrected chi connectivity index (χ1v) is 9.25. The van der Waals surface area contributed by atoms with Crippen LogP contribution in [-0.4, -0.2) is 47.4 Å². The molecule has 0 aliphatic carbocycles. The summed E-state index contributed by atoms with van der Waals surface area (Å²) in [6.07, 6.45) is 3.44. The van der Waals surface area contributed by atoms with Crippen molar-refractivity contribution in [1.82, 2.24) is 15.5 Å². The van der Waals surface area contributed by atoms with E-state index in [1.807, 2.05) is 12.1 Å². The van der Waals surface area contributed by atoms with Gasteiger partial charge in [0.2, 0.25) is 11.8 Å². The molecule has 5 rings (SSSR count). The minimum absolute atomic E-state index is 0.122. The van der Waals surface area contributed by atoms with Crippen LogP contribution in [0.15, 0.2) is 12.1 Å². The Morgan fingerprint density at radius 3 is 2.69 bits per heavy atom. The third-order valence-electron chi connectivity index (χ3n) is 6.06. The number of piperidine rings is 2. The second-order valence-corrected chi connectivity index (χ2v) is 7.73. The smallest absolute Gasteiger partial charge is 0.255 e. The first-order chi connectivity index (χ1) is 12.5. The quantitative estimate of drug-likeness (QED) is 0.717. The van der Waals surface area contributed by atoms with Crippen molar-refractivity contribution < 1.29 is 19.1 Å². The summed E-state index contributed by atoms with van der Waals surface area (Å²) >= 11 is 0. The molecule has 0 bridgehead atoms. The lowest BCUT2D eigenvalue weighted by atomic mass is 9.87. The molecule has 26 heavy (non-hydrogen) atoms. The maximum Gasteiger partial charge on any atom is 0.255 e. The van der Waals surface area contributed by atoms with E-state index in [1.54, 1.807) is 4.90 Å². The average molecular weight is 355 g/mol. The van der Waals surface area contributed by atoms with E-state index in [4.69, 9.17) is 4.74 Å². The van der Waals surface area contributed by atoms with Crippen molar-refractivity contribution in [2.24, 2.45) is 0 Å². The molecule has 1 aromatic carbocycles. The third-order valence-corrected chi connectivity index (χ3v) is 6.06. The highest BCUT2D eigenvalue weighted by Gasteiger charge is 2.44. The summed E-state index contributed by atoms with van der Waals surface area (Å²) in [6, 6.07) is 3.36. The van der Waals surface area contributed by atoms with Crippen molar-refractivity contribution in [2.45, 2.75) is 50.3 Å². The first kappa shape index (κ1) is 15.8. The number of amides is 3. The first-order valence-electron chi connectivity index (χ1n) is 9.25. The predicted molar refractivity (Wildman–Crippen MR) is 91.7 cm³/mol. The normalized spacial score (nSPS) is 26.5. The molecule has 2 saturated heterocycles. The van der Waals surface area contributed by atoms with Gasteiger partial charge < -0.3 is 15.0 Å². The van der Waals surface area contributed by atoms with Gasteiger partial charge in [-0.3, -0.25) is 19.7 Å². The lowest BCUT2D eigenvalue weighted by Crippen LogP contribution is -2.52. The summed E-state index contributed by atoms with van der Waals surface area (Å²) in [6.45, 7) is 2.30. The van der Waals surface area contributed by atoms with Crippen molar-refractivity contribution >= 4 is 17.7 Å². The van der Waals surface area contributed by atoms with Gasteiger partial charge in [-0.2, -0.15) is 0 Å². The van der Waals surface area contributed by atoms with Gasteiger partial charge in [-0.15, -0.1) is 0 Å². The fourth-order valence-corrected chi connectivity index (χ4v) is 4.65. The highest BCUT2D eigenvalue weighted by Crippen LogP contribution is 2.43. The molecule has 7 heteroatoms. The van der Waals surface area contributed by atoms with Crippen LogP contribution < -0.4 is 15.4 Å². The molecule has 136 valence electrons. The van der Waals surface area contributed by atoms with E-state index in [0.29, 0.717) is 18.5 Å². The number of ether oxygens (including phenoxy) is 1. The zero-order valence-corrected chi connectivity index (χ0v) is 14.5. The molecule has 4 aliphatic heterocycles. The number of carbonyl (C=O) groups excluding carboxylic acids is 3. The van der Waals surface area contributed by atoms with E-state index in [9.17, 15) is 14.4 Å². The summed E-state index contributed by atoms with van der Waals surface area (Å²) in [7, 11) is 0. The van der Waals surface area contributed by atoms with Crippen LogP contribution in [-0.2, 0) is 22.6 Å². The molecule has 4 aliphatic rings. The topological polar surface area (TPSA) is 87.7 Å². The summed E-state index contributed by atoms with van der Waals surface area (Å²) in [5.41, 5.74) is 2.53. The Morgan fingerprint density at radius 1 is 1.12 bits per heavy atom. The maximum atomic E-state index is 12.9. The molecule has 1 spiro atoms. The summed E-state index contributed by atoms with van der Waals surface area (Å²) < 4.78 is 6.32. The monoisotopic (exact) mass is 355 g/mol. The Kier molecular flexibility index (Phi) is 3.37. The highest BCUT2D eigenvalue weighted by molar-refractivity contribution is 6.05. The van der Waals surface area contributed by atoms with Gasteiger partial charge in [-0.1, -0.05) is 0 Å². The van der Waals surface area contributed by atoms with Crippen LogP contribution in [0.2, 0.25) is 0 Å². The van der Waals surface area contributed by atoms with Gasteiger partial charge in [0.1, 0.15) is 17.4 Å². The second-order valence-electron chi connectivity index (χ2n) is 7.73. The van der Waals surface area contributed by atoms with Gasteiger partial charge >= 0.3 is 0 Å². The number of hydrogen-bond donors (Lipinski definition) is 2. The van der Waals surface area contributed by atoms with Crippen LogP contribution in [0.5, 0.6) is 5.75 Å². The molecule has 4 heterocycles. The summed E-state index contributed by atoms with van der Waals surface area (Å²) in [5, 5.41) is 5.70. The molecule has 3 amide bonds. The maximum absolute atomic E-state index is 12.9. The number of carbonyl (C=O) groups is 3. The molecule has 0 saturated carbocycles. The lowest BCUT2D eigenvalue weighted by molar-refractivity contribution is -0.136.